The van der Waals surface area contributed by atoms with Gasteiger partial charge in [0.2, 0.25) is 0 Å². The zero-order valence-electron chi connectivity index (χ0n) is 13.7. The maximum Gasteiger partial charge on any atom is 0.311 e. The zero-order chi connectivity index (χ0) is 18.6. The largest absolute Gasteiger partial charge is 0.508 e. The van der Waals surface area contributed by atoms with E-state index in [1.807, 2.05) is 0 Å². The molecular weight excluding hydrogens is 328 g/mol. The first kappa shape index (κ1) is 18.1. The highest BCUT2D eigenvalue weighted by Gasteiger charge is 2.25. The van der Waals surface area contributed by atoms with E-state index in [1.54, 1.807) is 18.2 Å². The van der Waals surface area contributed by atoms with E-state index in [2.05, 4.69) is 0 Å². The highest BCUT2D eigenvalue weighted by Crippen LogP contribution is 2.40. The molecule has 0 bridgehead atoms. The maximum absolute atomic E-state index is 11.5. The van der Waals surface area contributed by atoms with Gasteiger partial charge in [-0.05, 0) is 29.8 Å². The maximum atomic E-state index is 11.5. The number of carbonyl (C=O) groups is 2. The van der Waals surface area contributed by atoms with Crippen molar-refractivity contribution in [3.05, 3.63) is 42.0 Å². The van der Waals surface area contributed by atoms with Crippen LogP contribution in [0.1, 0.15) is 17.9 Å². The van der Waals surface area contributed by atoms with Gasteiger partial charge in [0.25, 0.3) is 0 Å². The number of phenols is 1. The second kappa shape index (κ2) is 7.57. The van der Waals surface area contributed by atoms with Gasteiger partial charge >= 0.3 is 11.9 Å². The molecule has 2 rings (SSSR count). The van der Waals surface area contributed by atoms with Crippen LogP contribution in [-0.4, -0.2) is 41.5 Å². The van der Waals surface area contributed by atoms with E-state index in [0.29, 0.717) is 28.2 Å². The fraction of sp³-hybridized carbons (Fsp3) is 0.222. The Kier molecular flexibility index (Phi) is 5.49. The molecule has 0 saturated carbocycles. The van der Waals surface area contributed by atoms with E-state index in [9.17, 15) is 19.8 Å². The van der Waals surface area contributed by atoms with Crippen LogP contribution in [0.2, 0.25) is 0 Å². The second-order valence-corrected chi connectivity index (χ2v) is 5.33. The van der Waals surface area contributed by atoms with Gasteiger partial charge in [0.05, 0.1) is 26.6 Å². The monoisotopic (exact) mass is 346 g/mol. The molecule has 25 heavy (non-hydrogen) atoms. The Morgan fingerprint density at radius 1 is 0.960 bits per heavy atom. The summed E-state index contributed by atoms with van der Waals surface area (Å²) in [6.45, 7) is 0. The molecule has 0 aromatic heterocycles. The van der Waals surface area contributed by atoms with E-state index in [0.717, 1.165) is 0 Å². The Bertz CT molecular complexity index is 798. The number of benzene rings is 2. The molecule has 7 nitrogen and oxygen atoms in total. The van der Waals surface area contributed by atoms with Crippen molar-refractivity contribution in [1.82, 2.24) is 0 Å². The molecule has 0 fully saturated rings. The summed E-state index contributed by atoms with van der Waals surface area (Å²) in [5.74, 6) is -2.76. The topological polar surface area (TPSA) is 113 Å². The van der Waals surface area contributed by atoms with Gasteiger partial charge in [-0.2, -0.15) is 0 Å². The van der Waals surface area contributed by atoms with Gasteiger partial charge in [0, 0.05) is 17.2 Å². The first-order chi connectivity index (χ1) is 11.9. The van der Waals surface area contributed by atoms with Crippen molar-refractivity contribution in [2.45, 2.75) is 12.3 Å². The smallest absolute Gasteiger partial charge is 0.311 e. The van der Waals surface area contributed by atoms with Crippen LogP contribution in [0.5, 0.6) is 17.2 Å². The van der Waals surface area contributed by atoms with Crippen molar-refractivity contribution in [3.63, 3.8) is 0 Å². The standard InChI is InChI=1S/C18H18O7/c1-24-15-6-3-10(13(18(22)23)9-17(20)21)7-14(15)12-5-4-11(19)8-16(12)25-2/h3-8,13,19H,9H2,1-2H3,(H,20,21)(H,22,23). The Labute approximate surface area is 144 Å². The van der Waals surface area contributed by atoms with Gasteiger partial charge in [-0.3, -0.25) is 9.59 Å². The van der Waals surface area contributed by atoms with Crippen molar-refractivity contribution >= 4 is 11.9 Å². The predicted octanol–water partition coefficient (Wildman–Crippen LogP) is 2.72. The molecule has 0 heterocycles. The SMILES string of the molecule is COc1cc(O)ccc1-c1cc(C(CC(=O)O)C(=O)O)ccc1OC. The molecule has 1 unspecified atom stereocenters. The minimum absolute atomic E-state index is 0.0185. The summed E-state index contributed by atoms with van der Waals surface area (Å²) in [7, 11) is 2.91. The number of ether oxygens (including phenoxy) is 2. The zero-order valence-corrected chi connectivity index (χ0v) is 13.7. The molecule has 0 aliphatic carbocycles. The predicted molar refractivity (Wildman–Crippen MR) is 89.3 cm³/mol. The lowest BCUT2D eigenvalue weighted by Gasteiger charge is -2.16. The van der Waals surface area contributed by atoms with Crippen molar-refractivity contribution in [3.8, 4) is 28.4 Å². The third kappa shape index (κ3) is 4.00. The third-order valence-corrected chi connectivity index (χ3v) is 3.78. The van der Waals surface area contributed by atoms with Gasteiger partial charge in [-0.1, -0.05) is 6.07 Å². The molecule has 3 N–H and O–H groups in total. The van der Waals surface area contributed by atoms with Gasteiger partial charge < -0.3 is 24.8 Å². The summed E-state index contributed by atoms with van der Waals surface area (Å²) in [5.41, 5.74) is 1.45. The van der Waals surface area contributed by atoms with Gasteiger partial charge in [0.1, 0.15) is 17.2 Å². The van der Waals surface area contributed by atoms with Crippen LogP contribution >= 0.6 is 0 Å². The summed E-state index contributed by atoms with van der Waals surface area (Å²) in [6, 6.07) is 9.17. The lowest BCUT2D eigenvalue weighted by Crippen LogP contribution is -2.16. The van der Waals surface area contributed by atoms with E-state index < -0.39 is 24.3 Å². The summed E-state index contributed by atoms with van der Waals surface area (Å²) in [5, 5.41) is 27.9. The number of methoxy groups -OCH3 is 2. The lowest BCUT2D eigenvalue weighted by atomic mass is 9.92. The van der Waals surface area contributed by atoms with E-state index in [4.69, 9.17) is 14.6 Å². The molecule has 132 valence electrons. The Morgan fingerprint density at radius 2 is 1.64 bits per heavy atom. The van der Waals surface area contributed by atoms with Crippen molar-refractivity contribution in [2.24, 2.45) is 0 Å². The number of aromatic hydroxyl groups is 1. The first-order valence-electron chi connectivity index (χ1n) is 7.37. The minimum atomic E-state index is -1.23. The average molecular weight is 346 g/mol. The normalized spacial score (nSPS) is 11.6. The van der Waals surface area contributed by atoms with Crippen molar-refractivity contribution < 1.29 is 34.4 Å². The average Bonchev–Trinajstić information content (AvgIpc) is 2.58. The molecule has 0 aliphatic rings. The summed E-state index contributed by atoms with van der Waals surface area (Å²) >= 11 is 0. The van der Waals surface area contributed by atoms with Crippen LogP contribution in [0.4, 0.5) is 0 Å². The highest BCUT2D eigenvalue weighted by atomic mass is 16.5. The van der Waals surface area contributed by atoms with E-state index in [1.165, 1.54) is 32.4 Å². The van der Waals surface area contributed by atoms with Crippen molar-refractivity contribution in [1.29, 1.82) is 0 Å². The molecule has 2 aromatic carbocycles. The van der Waals surface area contributed by atoms with Crippen molar-refractivity contribution in [2.75, 3.05) is 14.2 Å². The van der Waals surface area contributed by atoms with Crippen LogP contribution in [0.3, 0.4) is 0 Å². The molecule has 0 amide bonds. The van der Waals surface area contributed by atoms with Gasteiger partial charge in [-0.15, -0.1) is 0 Å². The summed E-state index contributed by atoms with van der Waals surface area (Å²) < 4.78 is 10.6. The van der Waals surface area contributed by atoms with Crippen LogP contribution in [0.15, 0.2) is 36.4 Å². The number of hydrogen-bond donors (Lipinski definition) is 3. The molecule has 0 saturated heterocycles. The molecule has 7 heteroatoms. The Balaban J connectivity index is 2.61. The van der Waals surface area contributed by atoms with Gasteiger partial charge in [-0.25, -0.2) is 0 Å². The van der Waals surface area contributed by atoms with E-state index in [-0.39, 0.29) is 5.75 Å². The number of rotatable bonds is 7. The summed E-state index contributed by atoms with van der Waals surface area (Å²) in [6.07, 6.45) is -0.534. The molecule has 0 aliphatic heterocycles. The van der Waals surface area contributed by atoms with Crippen LogP contribution < -0.4 is 9.47 Å². The molecule has 2 aromatic rings. The molecule has 1 atom stereocenters. The number of carboxylic acid groups (broad SMARTS) is 2. The number of carboxylic acids is 2. The quantitative estimate of drug-likeness (QED) is 0.706. The highest BCUT2D eigenvalue weighted by molar-refractivity contribution is 5.84. The fourth-order valence-corrected chi connectivity index (χ4v) is 2.58. The molecular formula is C18H18O7. The number of phenolic OH excluding ortho intramolecular Hbond substituents is 1. The Morgan fingerprint density at radius 3 is 2.20 bits per heavy atom. The summed E-state index contributed by atoms with van der Waals surface area (Å²) in [4.78, 5) is 22.4. The Hall–Kier alpha value is -3.22. The van der Waals surface area contributed by atoms with Crippen LogP contribution in [0, 0.1) is 0 Å². The first-order valence-corrected chi connectivity index (χ1v) is 7.37. The van der Waals surface area contributed by atoms with Gasteiger partial charge in [0.15, 0.2) is 0 Å². The number of hydrogen-bond acceptors (Lipinski definition) is 5. The second-order valence-electron chi connectivity index (χ2n) is 5.33. The molecule has 0 spiro atoms. The lowest BCUT2D eigenvalue weighted by molar-refractivity contribution is -0.145. The van der Waals surface area contributed by atoms with Crippen LogP contribution in [0.25, 0.3) is 11.1 Å². The number of aliphatic carboxylic acids is 2. The minimum Gasteiger partial charge on any atom is -0.508 e. The fourth-order valence-electron chi connectivity index (χ4n) is 2.58. The third-order valence-electron chi connectivity index (χ3n) is 3.78. The van der Waals surface area contributed by atoms with Crippen LogP contribution in [-0.2, 0) is 9.59 Å². The molecule has 0 radical (unpaired) electrons. The van der Waals surface area contributed by atoms with E-state index >= 15 is 0 Å².